The van der Waals surface area contributed by atoms with E-state index >= 15 is 0 Å². The molecule has 0 aliphatic rings. The molecule has 1 unspecified atom stereocenters. The zero-order valence-corrected chi connectivity index (χ0v) is 8.59. The molecule has 0 aromatic heterocycles. The molecule has 0 aliphatic heterocycles. The standard InChI is InChI=1S/C7H10F2INO/c8-7(9,2-1-3-11)4-6(10)5-12/h6,12H,1-2,4-5H2. The Labute approximate surface area is 83.7 Å². The number of nitriles is 1. The van der Waals surface area contributed by atoms with Crippen molar-refractivity contribution in [1.29, 1.82) is 5.26 Å². The topological polar surface area (TPSA) is 44.0 Å². The number of halogens is 3. The molecule has 0 fully saturated rings. The normalized spacial score (nSPS) is 13.9. The SMILES string of the molecule is N#CCCC(F)(F)CC(I)CO. The fourth-order valence-electron chi connectivity index (χ4n) is 0.729. The average Bonchev–Trinajstić information content (AvgIpc) is 2.00. The van der Waals surface area contributed by atoms with Gasteiger partial charge >= 0.3 is 0 Å². The number of aliphatic hydroxyl groups is 1. The Hall–Kier alpha value is 0.0400. The Bertz CT molecular complexity index is 169. The van der Waals surface area contributed by atoms with Crippen LogP contribution in [0.2, 0.25) is 0 Å². The number of nitrogens with zero attached hydrogens (tertiary/aromatic N) is 1. The van der Waals surface area contributed by atoms with E-state index in [1.54, 1.807) is 28.7 Å². The van der Waals surface area contributed by atoms with Crippen LogP contribution in [0.5, 0.6) is 0 Å². The molecule has 0 aliphatic carbocycles. The number of hydrogen-bond donors (Lipinski definition) is 1. The third-order valence-corrected chi connectivity index (χ3v) is 2.16. The summed E-state index contributed by atoms with van der Waals surface area (Å²) in [5.74, 6) is -2.82. The van der Waals surface area contributed by atoms with Gasteiger partial charge in [-0.2, -0.15) is 5.26 Å². The van der Waals surface area contributed by atoms with Crippen molar-refractivity contribution in [2.24, 2.45) is 0 Å². The molecule has 2 nitrogen and oxygen atoms in total. The lowest BCUT2D eigenvalue weighted by molar-refractivity contribution is -0.0168. The first-order chi connectivity index (χ1) is 5.52. The maximum atomic E-state index is 12.8. The second-order valence-electron chi connectivity index (χ2n) is 2.50. The van der Waals surface area contributed by atoms with Gasteiger partial charge < -0.3 is 5.11 Å². The van der Waals surface area contributed by atoms with Crippen LogP contribution in [0.3, 0.4) is 0 Å². The van der Waals surface area contributed by atoms with Crippen molar-refractivity contribution < 1.29 is 13.9 Å². The van der Waals surface area contributed by atoms with Crippen LogP contribution in [0.1, 0.15) is 19.3 Å². The minimum Gasteiger partial charge on any atom is -0.395 e. The molecule has 0 rings (SSSR count). The van der Waals surface area contributed by atoms with Crippen LogP contribution in [-0.2, 0) is 0 Å². The van der Waals surface area contributed by atoms with Crippen molar-refractivity contribution >= 4 is 22.6 Å². The Morgan fingerprint density at radius 1 is 1.58 bits per heavy atom. The number of rotatable bonds is 5. The summed E-state index contributed by atoms with van der Waals surface area (Å²) in [4.78, 5) is 0. The Kier molecular flexibility index (Phi) is 5.66. The smallest absolute Gasteiger partial charge is 0.250 e. The average molecular weight is 289 g/mol. The van der Waals surface area contributed by atoms with Gasteiger partial charge in [0.05, 0.1) is 12.7 Å². The molecule has 0 saturated heterocycles. The van der Waals surface area contributed by atoms with E-state index in [1.165, 1.54) is 0 Å². The molecule has 70 valence electrons. The fourth-order valence-corrected chi connectivity index (χ4v) is 1.37. The lowest BCUT2D eigenvalue weighted by atomic mass is 10.1. The first-order valence-electron chi connectivity index (χ1n) is 3.51. The van der Waals surface area contributed by atoms with Gasteiger partial charge in [-0.15, -0.1) is 0 Å². The van der Waals surface area contributed by atoms with Gasteiger partial charge in [-0.3, -0.25) is 0 Å². The minimum atomic E-state index is -2.82. The van der Waals surface area contributed by atoms with E-state index in [4.69, 9.17) is 10.4 Å². The van der Waals surface area contributed by atoms with Crippen LogP contribution in [-0.4, -0.2) is 21.6 Å². The summed E-state index contributed by atoms with van der Waals surface area (Å²) in [6, 6.07) is 1.67. The number of alkyl halides is 3. The highest BCUT2D eigenvalue weighted by Gasteiger charge is 2.30. The molecule has 0 aromatic carbocycles. The van der Waals surface area contributed by atoms with E-state index in [0.717, 1.165) is 0 Å². The second-order valence-corrected chi connectivity index (χ2v) is 4.26. The molecule has 0 heterocycles. The van der Waals surface area contributed by atoms with Crippen LogP contribution < -0.4 is 0 Å². The molecule has 0 aromatic rings. The number of hydrogen-bond acceptors (Lipinski definition) is 2. The summed E-state index contributed by atoms with van der Waals surface area (Å²) in [6.07, 6.45) is -0.906. The van der Waals surface area contributed by atoms with Crippen LogP contribution in [0.4, 0.5) is 8.78 Å². The largest absolute Gasteiger partial charge is 0.395 e. The quantitative estimate of drug-likeness (QED) is 0.622. The Morgan fingerprint density at radius 2 is 2.17 bits per heavy atom. The molecule has 0 bridgehead atoms. The van der Waals surface area contributed by atoms with Crippen LogP contribution >= 0.6 is 22.6 Å². The third-order valence-electron chi connectivity index (χ3n) is 1.32. The summed E-state index contributed by atoms with van der Waals surface area (Å²) < 4.78 is 25.1. The van der Waals surface area contributed by atoms with Crippen LogP contribution in [0, 0.1) is 11.3 Å². The van der Waals surface area contributed by atoms with Gasteiger partial charge in [-0.05, 0) is 0 Å². The second kappa shape index (κ2) is 5.65. The maximum Gasteiger partial charge on any atom is 0.250 e. The van der Waals surface area contributed by atoms with E-state index < -0.39 is 16.3 Å². The molecule has 0 amide bonds. The summed E-state index contributed by atoms with van der Waals surface area (Å²) >= 11 is 1.77. The van der Waals surface area contributed by atoms with Crippen molar-refractivity contribution in [3.63, 3.8) is 0 Å². The summed E-state index contributed by atoms with van der Waals surface area (Å²) in [7, 11) is 0. The molecule has 0 saturated carbocycles. The zero-order chi connectivity index (χ0) is 9.61. The van der Waals surface area contributed by atoms with E-state index in [2.05, 4.69) is 0 Å². The summed E-state index contributed by atoms with van der Waals surface area (Å²) in [6.45, 7) is -0.247. The molecule has 1 N–H and O–H groups in total. The number of aliphatic hydroxyl groups excluding tert-OH is 1. The molecular formula is C7H10F2INO. The van der Waals surface area contributed by atoms with Crippen molar-refractivity contribution in [1.82, 2.24) is 0 Å². The van der Waals surface area contributed by atoms with Gasteiger partial charge in [0.25, 0.3) is 0 Å². The first-order valence-corrected chi connectivity index (χ1v) is 4.76. The van der Waals surface area contributed by atoms with Crippen molar-refractivity contribution in [3.8, 4) is 6.07 Å². The Morgan fingerprint density at radius 3 is 2.58 bits per heavy atom. The lowest BCUT2D eigenvalue weighted by Crippen LogP contribution is -2.22. The predicted octanol–water partition coefficient (Wildman–Crippen LogP) is 2.11. The van der Waals surface area contributed by atoms with Gasteiger partial charge in [0.1, 0.15) is 0 Å². The molecule has 12 heavy (non-hydrogen) atoms. The first kappa shape index (κ1) is 12.0. The molecule has 1 atom stereocenters. The molecular weight excluding hydrogens is 279 g/mol. The fraction of sp³-hybridized carbons (Fsp3) is 0.857. The van der Waals surface area contributed by atoms with E-state index in [-0.39, 0.29) is 19.4 Å². The van der Waals surface area contributed by atoms with E-state index in [1.807, 2.05) is 0 Å². The van der Waals surface area contributed by atoms with Gasteiger partial charge in [0.15, 0.2) is 0 Å². The van der Waals surface area contributed by atoms with Crippen LogP contribution in [0.15, 0.2) is 0 Å². The zero-order valence-electron chi connectivity index (χ0n) is 6.43. The Balaban J connectivity index is 3.79. The van der Waals surface area contributed by atoms with Crippen LogP contribution in [0.25, 0.3) is 0 Å². The van der Waals surface area contributed by atoms with Gasteiger partial charge in [0, 0.05) is 23.2 Å². The highest BCUT2D eigenvalue weighted by molar-refractivity contribution is 14.1. The van der Waals surface area contributed by atoms with Crippen molar-refractivity contribution in [3.05, 3.63) is 0 Å². The maximum absolute atomic E-state index is 12.8. The van der Waals surface area contributed by atoms with Gasteiger partial charge in [0.2, 0.25) is 5.92 Å². The molecule has 5 heteroatoms. The minimum absolute atomic E-state index is 0.137. The van der Waals surface area contributed by atoms with Crippen molar-refractivity contribution in [2.45, 2.75) is 29.1 Å². The predicted molar refractivity (Wildman–Crippen MR) is 49.3 cm³/mol. The highest BCUT2D eigenvalue weighted by Crippen LogP contribution is 2.28. The van der Waals surface area contributed by atoms with Gasteiger partial charge in [-0.25, -0.2) is 8.78 Å². The molecule has 0 radical (unpaired) electrons. The molecule has 0 spiro atoms. The van der Waals surface area contributed by atoms with E-state index in [9.17, 15) is 8.78 Å². The lowest BCUT2D eigenvalue weighted by Gasteiger charge is -2.16. The monoisotopic (exact) mass is 289 g/mol. The van der Waals surface area contributed by atoms with Crippen molar-refractivity contribution in [2.75, 3.05) is 6.61 Å². The van der Waals surface area contributed by atoms with Gasteiger partial charge in [-0.1, -0.05) is 22.6 Å². The summed E-state index contributed by atoms with van der Waals surface area (Å²) in [5, 5.41) is 16.6. The van der Waals surface area contributed by atoms with E-state index in [0.29, 0.717) is 0 Å². The summed E-state index contributed by atoms with van der Waals surface area (Å²) in [5.41, 5.74) is 0. The highest BCUT2D eigenvalue weighted by atomic mass is 127. The third kappa shape index (κ3) is 5.66.